The number of hydrogen-bond donors (Lipinski definition) is 4. The molecule has 1 atom stereocenters. The average Bonchev–Trinajstić information content (AvgIpc) is 3.83. The number of aryl methyl sites for hydroxylation is 1. The Morgan fingerprint density at radius 1 is 1.04 bits per heavy atom. The number of aromatic hydroxyl groups is 2. The molecule has 0 bridgehead atoms. The van der Waals surface area contributed by atoms with Gasteiger partial charge in [0.05, 0.1) is 24.9 Å². The number of nitrogens with zero attached hydrogens (tertiary/aromatic N) is 1. The van der Waals surface area contributed by atoms with Crippen LogP contribution in [0.4, 0.5) is 0 Å². The number of hydrogen-bond acceptors (Lipinski definition) is 8. The van der Waals surface area contributed by atoms with Gasteiger partial charge in [0.25, 0.3) is 0 Å². The van der Waals surface area contributed by atoms with Gasteiger partial charge in [-0.3, -0.25) is 9.79 Å². The number of allylic oxidation sites excluding steroid dienone is 5. The lowest BCUT2D eigenvalue weighted by Gasteiger charge is -2.27. The molecule has 1 unspecified atom stereocenters. The van der Waals surface area contributed by atoms with Crippen LogP contribution in [0.5, 0.6) is 17.2 Å². The lowest BCUT2D eigenvalue weighted by atomic mass is 9.80. The zero-order valence-corrected chi connectivity index (χ0v) is 30.6. The Bertz CT molecular complexity index is 2010. The van der Waals surface area contributed by atoms with E-state index in [0.717, 1.165) is 23.1 Å². The zero-order valence-electron chi connectivity index (χ0n) is 30.6. The summed E-state index contributed by atoms with van der Waals surface area (Å²) >= 11 is 0. The van der Waals surface area contributed by atoms with Crippen LogP contribution in [0.15, 0.2) is 95.3 Å². The van der Waals surface area contributed by atoms with Crippen LogP contribution in [0.25, 0.3) is 0 Å². The van der Waals surface area contributed by atoms with Crippen LogP contribution >= 0.6 is 0 Å². The molecule has 0 aromatic heterocycles. The number of benzene rings is 3. The molecule has 1 saturated carbocycles. The van der Waals surface area contributed by atoms with Gasteiger partial charge in [0.2, 0.25) is 0 Å². The van der Waals surface area contributed by atoms with Crippen molar-refractivity contribution in [3.63, 3.8) is 0 Å². The first-order valence-corrected chi connectivity index (χ1v) is 18.9. The van der Waals surface area contributed by atoms with E-state index in [2.05, 4.69) is 29.8 Å². The third-order valence-corrected chi connectivity index (χ3v) is 10.8. The van der Waals surface area contributed by atoms with Gasteiger partial charge in [-0.15, -0.1) is 5.76 Å². The highest BCUT2D eigenvalue weighted by Gasteiger charge is 2.30. The van der Waals surface area contributed by atoms with Crippen molar-refractivity contribution >= 4 is 11.5 Å². The summed E-state index contributed by atoms with van der Waals surface area (Å²) < 4.78 is 6.06. The molecule has 276 valence electrons. The molecule has 8 heteroatoms. The Kier molecular flexibility index (Phi) is 12.2. The van der Waals surface area contributed by atoms with Crippen molar-refractivity contribution in [1.29, 1.82) is 0 Å². The number of nitrogens with two attached hydrogens (primary N) is 2. The zero-order chi connectivity index (χ0) is 37.4. The Morgan fingerprint density at radius 2 is 1.81 bits per heavy atom. The van der Waals surface area contributed by atoms with Crippen molar-refractivity contribution in [3.05, 3.63) is 124 Å². The fraction of sp³-hybridized carbons (Fsp3) is 0.378. The number of unbranched alkanes of at least 4 members (excludes halogenated alkanes) is 1. The normalized spacial score (nSPS) is 17.7. The second kappa shape index (κ2) is 17.2. The molecule has 1 fully saturated rings. The van der Waals surface area contributed by atoms with E-state index in [1.54, 1.807) is 36.6 Å². The van der Waals surface area contributed by atoms with Crippen LogP contribution in [-0.2, 0) is 17.6 Å². The van der Waals surface area contributed by atoms with Crippen molar-refractivity contribution in [2.45, 2.75) is 96.1 Å². The van der Waals surface area contributed by atoms with E-state index in [-0.39, 0.29) is 41.5 Å². The molecule has 0 spiro atoms. The Morgan fingerprint density at radius 3 is 2.58 bits per heavy atom. The van der Waals surface area contributed by atoms with Crippen LogP contribution in [0.1, 0.15) is 117 Å². The van der Waals surface area contributed by atoms with E-state index in [9.17, 15) is 20.1 Å². The molecule has 2 aliphatic carbocycles. The molecule has 0 saturated heterocycles. The molecule has 1 aliphatic heterocycles. The highest BCUT2D eigenvalue weighted by molar-refractivity contribution is 6.06. The first-order valence-electron chi connectivity index (χ1n) is 18.9. The van der Waals surface area contributed by atoms with E-state index in [4.69, 9.17) is 16.2 Å². The molecular weight excluding hydrogens is 663 g/mol. The number of phenolic OH excluding ortho intramolecular Hbond substituents is 2. The fourth-order valence-corrected chi connectivity index (χ4v) is 7.74. The molecule has 6 N–H and O–H groups in total. The molecule has 1 heterocycles. The van der Waals surface area contributed by atoms with Crippen molar-refractivity contribution < 1.29 is 24.9 Å². The monoisotopic (exact) mass is 712 g/mol. The van der Waals surface area contributed by atoms with Crippen LogP contribution < -0.4 is 21.3 Å². The number of carbonyl (C=O) groups excluding carboxylic acids is 1. The lowest BCUT2D eigenvalue weighted by molar-refractivity contribution is -0.307. The fourth-order valence-electron chi connectivity index (χ4n) is 7.74. The number of rotatable bonds is 14. The molecule has 53 heavy (non-hydrogen) atoms. The molecule has 3 aromatic rings. The van der Waals surface area contributed by atoms with E-state index < -0.39 is 12.1 Å². The Balaban J connectivity index is 1.15. The molecule has 0 amide bonds. The van der Waals surface area contributed by atoms with Gasteiger partial charge in [-0.1, -0.05) is 80.9 Å². The largest absolute Gasteiger partial charge is 0.875 e. The number of ether oxygens (including phenoxy) is 1. The van der Waals surface area contributed by atoms with Gasteiger partial charge < -0.3 is 31.5 Å². The molecule has 8 nitrogen and oxygen atoms in total. The first kappa shape index (κ1) is 37.7. The maximum absolute atomic E-state index is 13.7. The van der Waals surface area contributed by atoms with E-state index in [1.807, 2.05) is 36.4 Å². The van der Waals surface area contributed by atoms with Crippen LogP contribution in [0, 0.1) is 17.3 Å². The number of fused-ring (bicyclic) bond motifs is 2. The van der Waals surface area contributed by atoms with Gasteiger partial charge in [0.15, 0.2) is 17.3 Å². The summed E-state index contributed by atoms with van der Waals surface area (Å²) in [7, 11) is 0. The van der Waals surface area contributed by atoms with Gasteiger partial charge in [0.1, 0.15) is 5.75 Å². The smallest absolute Gasteiger partial charge is 0.161 e. The molecule has 3 aliphatic rings. The highest BCUT2D eigenvalue weighted by Crippen LogP contribution is 2.44. The van der Waals surface area contributed by atoms with Crippen molar-refractivity contribution in [2.24, 2.45) is 21.9 Å². The second-order valence-corrected chi connectivity index (χ2v) is 14.6. The SMILES string of the molecule is CCCCC1(C=CC(=O)CCc2ccc(O)c(OCCc3ccc(O)c(C4CC([O-])=C5C=CN=C5CC#Cc5cc(C(N)N)ccc54)c3)c2)CCCC1. The average molecular weight is 713 g/mol. The lowest BCUT2D eigenvalue weighted by Crippen LogP contribution is -2.21. The topological polar surface area (TPSA) is 154 Å². The quantitative estimate of drug-likeness (QED) is 0.0777. The molecule has 6 rings (SSSR count). The van der Waals surface area contributed by atoms with Gasteiger partial charge >= 0.3 is 0 Å². The maximum atomic E-state index is 13.7. The van der Waals surface area contributed by atoms with E-state index in [1.165, 1.54) is 38.5 Å². The van der Waals surface area contributed by atoms with Crippen molar-refractivity contribution in [2.75, 3.05) is 6.61 Å². The minimum atomic E-state index is -0.688. The predicted molar refractivity (Wildman–Crippen MR) is 207 cm³/mol. The number of carbonyl (C=O) groups is 1. The summed E-state index contributed by atoms with van der Waals surface area (Å²) in [6.45, 7) is 2.47. The van der Waals surface area contributed by atoms with Crippen molar-refractivity contribution in [3.8, 4) is 29.1 Å². The third kappa shape index (κ3) is 9.29. The minimum absolute atomic E-state index is 0.0288. The van der Waals surface area contributed by atoms with E-state index in [0.29, 0.717) is 59.4 Å². The van der Waals surface area contributed by atoms with Crippen LogP contribution in [-0.4, -0.2) is 28.3 Å². The first-order chi connectivity index (χ1) is 25.6. The van der Waals surface area contributed by atoms with Crippen molar-refractivity contribution in [1.82, 2.24) is 0 Å². The maximum Gasteiger partial charge on any atom is 0.161 e. The van der Waals surface area contributed by atoms with Gasteiger partial charge in [-0.25, -0.2) is 0 Å². The highest BCUT2D eigenvalue weighted by atomic mass is 16.5. The Hall–Kier alpha value is -5.10. The standard InChI is InChI=1S/C45H51N3O5/c1-2-3-20-45(21-4-5-22-45)23-17-34(49)13-9-30-11-16-41(51)43(27-30)53-25-19-31-10-15-40(50)38(26-31)37-29-42(52)36-18-24-48-39(36)8-6-7-32-28-33(44(46)47)12-14-35(32)37/h10-12,14-18,23-24,26-28,37,44,50-52H,2-5,8-9,13,19-22,25,29,46-47H2,1H3/p-1. The second-order valence-electron chi connectivity index (χ2n) is 14.6. The van der Waals surface area contributed by atoms with Gasteiger partial charge in [-0.2, -0.15) is 0 Å². The molecule has 3 aromatic carbocycles. The number of ketones is 1. The summed E-state index contributed by atoms with van der Waals surface area (Å²) in [6.07, 6.45) is 16.8. The number of phenols is 2. The third-order valence-electron chi connectivity index (χ3n) is 10.8. The minimum Gasteiger partial charge on any atom is -0.875 e. The summed E-state index contributed by atoms with van der Waals surface area (Å²) in [5, 5.41) is 35.5. The summed E-state index contributed by atoms with van der Waals surface area (Å²) in [5.74, 6) is 6.40. The van der Waals surface area contributed by atoms with Gasteiger partial charge in [-0.05, 0) is 102 Å². The van der Waals surface area contributed by atoms with Gasteiger partial charge in [0, 0.05) is 36.1 Å². The van der Waals surface area contributed by atoms with Crippen LogP contribution in [0.3, 0.4) is 0 Å². The number of aliphatic imine (C=N–C) groups is 1. The Labute approximate surface area is 313 Å². The summed E-state index contributed by atoms with van der Waals surface area (Å²) in [4.78, 5) is 17.2. The predicted octanol–water partition coefficient (Wildman–Crippen LogP) is 7.30. The molecule has 0 radical (unpaired) electrons. The molecular formula is C45H50N3O5-. The van der Waals surface area contributed by atoms with Crippen LogP contribution in [0.2, 0.25) is 0 Å². The van der Waals surface area contributed by atoms with E-state index >= 15 is 0 Å². The summed E-state index contributed by atoms with van der Waals surface area (Å²) in [5.41, 5.74) is 18.0. The summed E-state index contributed by atoms with van der Waals surface area (Å²) in [6, 6.07) is 16.2.